The second-order valence-corrected chi connectivity index (χ2v) is 11.0. The fourth-order valence-electron chi connectivity index (χ4n) is 2.25. The summed E-state index contributed by atoms with van der Waals surface area (Å²) in [5, 5.41) is 0. The van der Waals surface area contributed by atoms with Gasteiger partial charge >= 0.3 is 0 Å². The average molecular weight is 397 g/mol. The van der Waals surface area contributed by atoms with E-state index in [1.165, 1.54) is 38.4 Å². The molecule has 6 nitrogen and oxygen atoms in total. The molecular weight excluding hydrogens is 372 g/mol. The number of nitrogens with zero attached hydrogens (tertiary/aromatic N) is 1. The molecule has 0 aliphatic rings. The number of hydrogen-bond acceptors (Lipinski definition) is 4. The predicted molar refractivity (Wildman–Crippen MR) is 103 cm³/mol. The van der Waals surface area contributed by atoms with Crippen molar-refractivity contribution in [2.75, 3.05) is 18.8 Å². The van der Waals surface area contributed by atoms with Crippen LogP contribution >= 0.6 is 0 Å². The van der Waals surface area contributed by atoms with E-state index in [1.54, 1.807) is 24.3 Å². The number of benzene rings is 2. The lowest BCUT2D eigenvalue weighted by molar-refractivity contribution is 0.521. The van der Waals surface area contributed by atoms with E-state index in [4.69, 9.17) is 0 Å². The van der Waals surface area contributed by atoms with Gasteiger partial charge in [0, 0.05) is 19.8 Å². The van der Waals surface area contributed by atoms with Crippen LogP contribution in [0.1, 0.15) is 26.3 Å². The summed E-state index contributed by atoms with van der Waals surface area (Å²) in [7, 11) is -4.43. The molecule has 0 saturated carbocycles. The Kier molecular flexibility index (Phi) is 5.51. The van der Waals surface area contributed by atoms with Gasteiger partial charge in [-0.05, 0) is 47.4 Å². The van der Waals surface area contributed by atoms with Gasteiger partial charge in [0.1, 0.15) is 0 Å². The minimum Gasteiger partial charge on any atom is -0.280 e. The maximum Gasteiger partial charge on any atom is 0.261 e. The molecule has 0 aliphatic heterocycles. The lowest BCUT2D eigenvalue weighted by Gasteiger charge is -2.19. The van der Waals surface area contributed by atoms with E-state index in [1.807, 2.05) is 0 Å². The Morgan fingerprint density at radius 2 is 1.23 bits per heavy atom. The molecule has 0 aromatic heterocycles. The van der Waals surface area contributed by atoms with Crippen molar-refractivity contribution in [3.63, 3.8) is 0 Å². The molecule has 0 aliphatic carbocycles. The Labute approximate surface area is 156 Å². The summed E-state index contributed by atoms with van der Waals surface area (Å²) in [6, 6.07) is 12.3. The molecular formula is C18H24N2O4S2. The van der Waals surface area contributed by atoms with E-state index < -0.39 is 20.0 Å². The Morgan fingerprint density at radius 1 is 0.769 bits per heavy atom. The highest BCUT2D eigenvalue weighted by Crippen LogP contribution is 2.24. The van der Waals surface area contributed by atoms with Crippen LogP contribution in [0.4, 0.5) is 5.69 Å². The first kappa shape index (κ1) is 20.4. The van der Waals surface area contributed by atoms with Crippen LogP contribution in [0.25, 0.3) is 0 Å². The molecule has 0 radical (unpaired) electrons. The van der Waals surface area contributed by atoms with E-state index in [0.29, 0.717) is 5.69 Å². The normalized spacial score (nSPS) is 13.0. The smallest absolute Gasteiger partial charge is 0.261 e. The van der Waals surface area contributed by atoms with Crippen LogP contribution < -0.4 is 4.72 Å². The summed E-state index contributed by atoms with van der Waals surface area (Å²) in [6.45, 7) is 6.16. The van der Waals surface area contributed by atoms with Crippen LogP contribution in [-0.4, -0.2) is 35.2 Å². The maximum atomic E-state index is 12.5. The summed E-state index contributed by atoms with van der Waals surface area (Å²) >= 11 is 0. The van der Waals surface area contributed by atoms with E-state index in [9.17, 15) is 16.8 Å². The standard InChI is InChI=1S/C18H24N2O4S2/c1-18(2,3)14-6-10-16(11-7-14)25(21,22)19-15-8-12-17(13-9-15)26(23,24)20(4)5/h6-13,19H,1-5H3. The zero-order valence-corrected chi connectivity index (χ0v) is 17.1. The number of hydrogen-bond donors (Lipinski definition) is 1. The SMILES string of the molecule is CN(C)S(=O)(=O)c1ccc(NS(=O)(=O)c2ccc(C(C)(C)C)cc2)cc1. The van der Waals surface area contributed by atoms with Crippen molar-refractivity contribution in [2.45, 2.75) is 36.0 Å². The molecule has 0 amide bonds. The third kappa shape index (κ3) is 4.44. The van der Waals surface area contributed by atoms with Crippen molar-refractivity contribution < 1.29 is 16.8 Å². The van der Waals surface area contributed by atoms with Crippen molar-refractivity contribution >= 4 is 25.7 Å². The molecule has 8 heteroatoms. The summed E-state index contributed by atoms with van der Waals surface area (Å²) < 4.78 is 52.7. The van der Waals surface area contributed by atoms with Gasteiger partial charge in [-0.3, -0.25) is 4.72 Å². The van der Waals surface area contributed by atoms with Crippen LogP contribution in [0.2, 0.25) is 0 Å². The second kappa shape index (κ2) is 7.02. The maximum absolute atomic E-state index is 12.5. The van der Waals surface area contributed by atoms with Gasteiger partial charge in [0.2, 0.25) is 10.0 Å². The van der Waals surface area contributed by atoms with Gasteiger partial charge < -0.3 is 0 Å². The monoisotopic (exact) mass is 396 g/mol. The fourth-order valence-corrected chi connectivity index (χ4v) is 4.21. The number of sulfonamides is 2. The molecule has 0 bridgehead atoms. The quantitative estimate of drug-likeness (QED) is 0.842. The topological polar surface area (TPSA) is 83.6 Å². The average Bonchev–Trinajstić information content (AvgIpc) is 2.54. The van der Waals surface area contributed by atoms with Gasteiger partial charge in [0.15, 0.2) is 0 Å². The van der Waals surface area contributed by atoms with Gasteiger partial charge in [-0.2, -0.15) is 0 Å². The van der Waals surface area contributed by atoms with E-state index in [0.717, 1.165) is 9.87 Å². The molecule has 0 unspecified atom stereocenters. The van der Waals surface area contributed by atoms with Crippen LogP contribution in [0, 0.1) is 0 Å². The van der Waals surface area contributed by atoms with Gasteiger partial charge in [-0.1, -0.05) is 32.9 Å². The third-order valence-electron chi connectivity index (χ3n) is 3.92. The number of nitrogens with one attached hydrogen (secondary N) is 1. The Hall–Kier alpha value is -1.90. The number of anilines is 1. The van der Waals surface area contributed by atoms with Gasteiger partial charge in [0.05, 0.1) is 9.79 Å². The predicted octanol–water partition coefficient (Wildman–Crippen LogP) is 3.04. The molecule has 2 aromatic carbocycles. The molecule has 1 N–H and O–H groups in total. The summed E-state index contributed by atoms with van der Waals surface area (Å²) in [5.74, 6) is 0. The Balaban J connectivity index is 2.24. The summed E-state index contributed by atoms with van der Waals surface area (Å²) in [4.78, 5) is 0.246. The molecule has 0 heterocycles. The molecule has 142 valence electrons. The zero-order chi connectivity index (χ0) is 19.8. The van der Waals surface area contributed by atoms with Crippen molar-refractivity contribution in [1.29, 1.82) is 0 Å². The first-order valence-electron chi connectivity index (χ1n) is 8.00. The van der Waals surface area contributed by atoms with Gasteiger partial charge in [0.25, 0.3) is 10.0 Å². The summed E-state index contributed by atoms with van der Waals surface area (Å²) in [6.07, 6.45) is 0. The molecule has 0 spiro atoms. The Morgan fingerprint density at radius 3 is 1.65 bits per heavy atom. The second-order valence-electron chi connectivity index (χ2n) is 7.19. The van der Waals surface area contributed by atoms with E-state index >= 15 is 0 Å². The van der Waals surface area contributed by atoms with Crippen molar-refractivity contribution in [3.05, 3.63) is 54.1 Å². The minimum atomic E-state index is -3.75. The van der Waals surface area contributed by atoms with Gasteiger partial charge in [-0.25, -0.2) is 21.1 Å². The van der Waals surface area contributed by atoms with E-state index in [-0.39, 0.29) is 15.2 Å². The highest BCUT2D eigenvalue weighted by Gasteiger charge is 2.19. The minimum absolute atomic E-state index is 0.0660. The first-order valence-corrected chi connectivity index (χ1v) is 10.9. The molecule has 26 heavy (non-hydrogen) atoms. The van der Waals surface area contributed by atoms with Crippen molar-refractivity contribution in [2.24, 2.45) is 0 Å². The van der Waals surface area contributed by atoms with E-state index in [2.05, 4.69) is 25.5 Å². The zero-order valence-electron chi connectivity index (χ0n) is 15.5. The van der Waals surface area contributed by atoms with Crippen LogP contribution in [0.5, 0.6) is 0 Å². The van der Waals surface area contributed by atoms with Crippen molar-refractivity contribution in [1.82, 2.24) is 4.31 Å². The molecule has 0 atom stereocenters. The molecule has 2 aromatic rings. The van der Waals surface area contributed by atoms with Crippen LogP contribution in [0.3, 0.4) is 0 Å². The lowest BCUT2D eigenvalue weighted by atomic mass is 9.87. The van der Waals surface area contributed by atoms with Crippen molar-refractivity contribution in [3.8, 4) is 0 Å². The third-order valence-corrected chi connectivity index (χ3v) is 7.14. The first-order chi connectivity index (χ1) is 11.8. The summed E-state index contributed by atoms with van der Waals surface area (Å²) in [5.41, 5.74) is 1.26. The van der Waals surface area contributed by atoms with Gasteiger partial charge in [-0.15, -0.1) is 0 Å². The molecule has 2 rings (SSSR count). The molecule has 0 saturated heterocycles. The number of rotatable bonds is 5. The lowest BCUT2D eigenvalue weighted by Crippen LogP contribution is -2.22. The fraction of sp³-hybridized carbons (Fsp3) is 0.333. The van der Waals surface area contributed by atoms with Crippen LogP contribution in [0.15, 0.2) is 58.3 Å². The largest absolute Gasteiger partial charge is 0.280 e. The highest BCUT2D eigenvalue weighted by molar-refractivity contribution is 7.92. The van der Waals surface area contributed by atoms with Crippen LogP contribution in [-0.2, 0) is 25.5 Å². The molecule has 0 fully saturated rings. The highest BCUT2D eigenvalue weighted by atomic mass is 32.2. The Bertz CT molecular complexity index is 971.